The molecule has 2 aromatic heterocycles. The number of carbonyl (C=O) groups is 1. The van der Waals surface area contributed by atoms with Crippen molar-refractivity contribution in [1.29, 1.82) is 0 Å². The van der Waals surface area contributed by atoms with E-state index in [1.54, 1.807) is 17.7 Å². The highest BCUT2D eigenvalue weighted by Crippen LogP contribution is 2.52. The number of amides is 1. The van der Waals surface area contributed by atoms with Crippen LogP contribution in [0.2, 0.25) is 0 Å². The average Bonchev–Trinajstić information content (AvgIpc) is 3.24. The Kier molecular flexibility index (Phi) is 4.58. The van der Waals surface area contributed by atoms with Gasteiger partial charge in [-0.3, -0.25) is 4.79 Å². The van der Waals surface area contributed by atoms with Crippen LogP contribution >= 0.6 is 11.3 Å². The van der Waals surface area contributed by atoms with Gasteiger partial charge in [0, 0.05) is 17.5 Å². The van der Waals surface area contributed by atoms with Crippen molar-refractivity contribution < 1.29 is 4.79 Å². The molecule has 2 fully saturated rings. The Morgan fingerprint density at radius 1 is 1.20 bits per heavy atom. The van der Waals surface area contributed by atoms with E-state index in [4.69, 9.17) is 0 Å². The molecule has 2 aliphatic rings. The monoisotopic (exact) mass is 420 g/mol. The maximum atomic E-state index is 13.1. The van der Waals surface area contributed by atoms with E-state index in [9.17, 15) is 4.79 Å². The second-order valence-electron chi connectivity index (χ2n) is 10.0. The second-order valence-corrected chi connectivity index (χ2v) is 11.0. The number of nitrogens with one attached hydrogen (secondary N) is 1. The van der Waals surface area contributed by atoms with E-state index in [-0.39, 0.29) is 17.9 Å². The molecular formula is C24H28N4OS. The lowest BCUT2D eigenvalue weighted by atomic mass is 9.65. The number of benzene rings is 1. The summed E-state index contributed by atoms with van der Waals surface area (Å²) in [6.07, 6.45) is 4.99. The third-order valence-electron chi connectivity index (χ3n) is 6.53. The van der Waals surface area contributed by atoms with Crippen molar-refractivity contribution in [3.05, 3.63) is 42.7 Å². The molecule has 2 atom stereocenters. The summed E-state index contributed by atoms with van der Waals surface area (Å²) in [5.74, 6) is 0.909. The molecular weight excluding hydrogens is 392 g/mol. The van der Waals surface area contributed by atoms with E-state index >= 15 is 0 Å². The minimum atomic E-state index is 0.173. The molecule has 30 heavy (non-hydrogen) atoms. The normalized spacial score (nSPS) is 24.9. The molecule has 2 bridgehead atoms. The van der Waals surface area contributed by atoms with Gasteiger partial charge in [-0.25, -0.2) is 9.97 Å². The van der Waals surface area contributed by atoms with Gasteiger partial charge in [0.15, 0.2) is 0 Å². The lowest BCUT2D eigenvalue weighted by Gasteiger charge is -2.39. The molecule has 1 amide bonds. The van der Waals surface area contributed by atoms with Crippen molar-refractivity contribution >= 4 is 33.3 Å². The Bertz CT molecular complexity index is 1090. The molecule has 1 aliphatic heterocycles. The predicted octanol–water partition coefficient (Wildman–Crippen LogP) is 5.20. The number of likely N-dealkylation sites (tertiary alicyclic amines) is 1. The van der Waals surface area contributed by atoms with Crippen LogP contribution in [0.25, 0.3) is 20.7 Å². The van der Waals surface area contributed by atoms with Crippen molar-refractivity contribution in [1.82, 2.24) is 14.9 Å². The zero-order valence-electron chi connectivity index (χ0n) is 17.8. The zero-order valence-corrected chi connectivity index (χ0v) is 18.6. The van der Waals surface area contributed by atoms with Gasteiger partial charge in [0.2, 0.25) is 5.91 Å². The highest BCUT2D eigenvalue weighted by Gasteiger charge is 2.50. The smallest absolute Gasteiger partial charge is 0.242 e. The highest BCUT2D eigenvalue weighted by molar-refractivity contribution is 7.21. The predicted molar refractivity (Wildman–Crippen MR) is 123 cm³/mol. The molecule has 5 nitrogen and oxygen atoms in total. The SMILES string of the molecule is CC1(C)CC2CC(C)(CN2C(=O)CNc2ncnc3sc(-c4ccccc4)cc23)C1. The second kappa shape index (κ2) is 7.05. The van der Waals surface area contributed by atoms with Gasteiger partial charge < -0.3 is 10.2 Å². The van der Waals surface area contributed by atoms with Gasteiger partial charge in [0.25, 0.3) is 0 Å². The lowest BCUT2D eigenvalue weighted by Crippen LogP contribution is -2.40. The van der Waals surface area contributed by atoms with Gasteiger partial charge >= 0.3 is 0 Å². The van der Waals surface area contributed by atoms with E-state index in [1.165, 1.54) is 12.0 Å². The fourth-order valence-electron chi connectivity index (χ4n) is 5.75. The van der Waals surface area contributed by atoms with Crippen LogP contribution in [-0.2, 0) is 4.79 Å². The maximum Gasteiger partial charge on any atom is 0.242 e. The number of hydrogen-bond acceptors (Lipinski definition) is 5. The number of hydrogen-bond donors (Lipinski definition) is 1. The van der Waals surface area contributed by atoms with Crippen LogP contribution in [-0.4, -0.2) is 39.9 Å². The van der Waals surface area contributed by atoms with Crippen LogP contribution in [0, 0.1) is 10.8 Å². The molecule has 3 heterocycles. The van der Waals surface area contributed by atoms with Crippen LogP contribution in [0.1, 0.15) is 40.0 Å². The molecule has 156 valence electrons. The summed E-state index contributed by atoms with van der Waals surface area (Å²) >= 11 is 1.65. The summed E-state index contributed by atoms with van der Waals surface area (Å²) in [6, 6.07) is 12.8. The van der Waals surface area contributed by atoms with Crippen molar-refractivity contribution in [3.8, 4) is 10.4 Å². The van der Waals surface area contributed by atoms with Crippen LogP contribution < -0.4 is 5.32 Å². The number of anilines is 1. The van der Waals surface area contributed by atoms with Gasteiger partial charge in [0.1, 0.15) is 17.0 Å². The number of carbonyl (C=O) groups excluding carboxylic acids is 1. The molecule has 6 heteroatoms. The molecule has 5 rings (SSSR count). The molecule has 0 radical (unpaired) electrons. The van der Waals surface area contributed by atoms with E-state index in [0.29, 0.717) is 11.5 Å². The Hall–Kier alpha value is -2.47. The van der Waals surface area contributed by atoms with Crippen molar-refractivity contribution in [2.75, 3.05) is 18.4 Å². The van der Waals surface area contributed by atoms with E-state index in [2.05, 4.69) is 59.2 Å². The summed E-state index contributed by atoms with van der Waals surface area (Å²) < 4.78 is 0. The van der Waals surface area contributed by atoms with Crippen LogP contribution in [0.3, 0.4) is 0 Å². The molecule has 1 aromatic carbocycles. The maximum absolute atomic E-state index is 13.1. The molecule has 0 spiro atoms. The van der Waals surface area contributed by atoms with Gasteiger partial charge in [-0.15, -0.1) is 11.3 Å². The first kappa shape index (κ1) is 19.5. The quantitative estimate of drug-likeness (QED) is 0.630. The molecule has 1 N–H and O–H groups in total. The first-order valence-corrected chi connectivity index (χ1v) is 11.5. The largest absolute Gasteiger partial charge is 0.360 e. The van der Waals surface area contributed by atoms with E-state index in [1.807, 2.05) is 18.2 Å². The first-order chi connectivity index (χ1) is 14.3. The van der Waals surface area contributed by atoms with Crippen LogP contribution in [0.5, 0.6) is 0 Å². The molecule has 2 unspecified atom stereocenters. The Balaban J connectivity index is 1.33. The van der Waals surface area contributed by atoms with Crippen LogP contribution in [0.15, 0.2) is 42.7 Å². The minimum absolute atomic E-state index is 0.173. The topological polar surface area (TPSA) is 58.1 Å². The Morgan fingerprint density at radius 3 is 2.80 bits per heavy atom. The number of fused-ring (bicyclic) bond motifs is 3. The summed E-state index contributed by atoms with van der Waals surface area (Å²) in [5, 5.41) is 4.28. The van der Waals surface area contributed by atoms with Crippen molar-refractivity contribution in [2.45, 2.75) is 46.1 Å². The summed E-state index contributed by atoms with van der Waals surface area (Å²) in [6.45, 7) is 8.16. The zero-order chi connectivity index (χ0) is 20.9. The first-order valence-electron chi connectivity index (χ1n) is 10.7. The average molecular weight is 421 g/mol. The molecule has 3 aromatic rings. The van der Waals surface area contributed by atoms with Crippen LogP contribution in [0.4, 0.5) is 5.82 Å². The van der Waals surface area contributed by atoms with Crippen molar-refractivity contribution in [2.24, 2.45) is 10.8 Å². The van der Waals surface area contributed by atoms with Gasteiger partial charge in [-0.05, 0) is 41.7 Å². The lowest BCUT2D eigenvalue weighted by molar-refractivity contribution is -0.130. The number of rotatable bonds is 4. The fraction of sp³-hybridized carbons (Fsp3) is 0.458. The molecule has 1 saturated carbocycles. The molecule has 1 saturated heterocycles. The number of thiophene rings is 1. The third-order valence-corrected chi connectivity index (χ3v) is 7.62. The van der Waals surface area contributed by atoms with Gasteiger partial charge in [-0.1, -0.05) is 51.1 Å². The Labute approximate surface area is 181 Å². The van der Waals surface area contributed by atoms with Crippen molar-refractivity contribution in [3.63, 3.8) is 0 Å². The Morgan fingerprint density at radius 2 is 2.00 bits per heavy atom. The van der Waals surface area contributed by atoms with Gasteiger partial charge in [-0.2, -0.15) is 0 Å². The fourth-order valence-corrected chi connectivity index (χ4v) is 6.76. The summed E-state index contributed by atoms with van der Waals surface area (Å²) in [7, 11) is 0. The van der Waals surface area contributed by atoms with E-state index < -0.39 is 0 Å². The molecule has 1 aliphatic carbocycles. The minimum Gasteiger partial charge on any atom is -0.360 e. The summed E-state index contributed by atoms with van der Waals surface area (Å²) in [4.78, 5) is 26.2. The number of aromatic nitrogens is 2. The van der Waals surface area contributed by atoms with E-state index in [0.717, 1.165) is 40.3 Å². The summed E-state index contributed by atoms with van der Waals surface area (Å²) in [5.41, 5.74) is 1.73. The van der Waals surface area contributed by atoms with Gasteiger partial charge in [0.05, 0.1) is 11.9 Å². The standard InChI is InChI=1S/C24H28N4OS/c1-23(2)10-17-11-24(3,13-23)14-28(17)20(29)12-25-21-18-9-19(16-7-5-4-6-8-16)30-22(18)27-15-26-21/h4-9,15,17H,10-14H2,1-3H3,(H,25,26,27). The third kappa shape index (κ3) is 3.58. The number of nitrogens with zero attached hydrogens (tertiary/aromatic N) is 3. The highest BCUT2D eigenvalue weighted by atomic mass is 32.1.